The molecule has 1 saturated carbocycles. The largest absolute Gasteiger partial charge is 0.444 e. The number of amides is 1. The van der Waals surface area contributed by atoms with E-state index in [4.69, 9.17) is 14.2 Å². The summed E-state index contributed by atoms with van der Waals surface area (Å²) in [5.41, 5.74) is -2.95. The Morgan fingerprint density at radius 2 is 1.82 bits per heavy atom. The van der Waals surface area contributed by atoms with Crippen LogP contribution in [0.2, 0.25) is 0 Å². The Morgan fingerprint density at radius 1 is 1.08 bits per heavy atom. The third-order valence-corrected chi connectivity index (χ3v) is 9.34. The third kappa shape index (κ3) is 9.82. The van der Waals surface area contributed by atoms with Gasteiger partial charge in [0.15, 0.2) is 5.82 Å². The number of nitrogens with zero attached hydrogens (tertiary/aromatic N) is 4. The first-order valence-electron chi connectivity index (χ1n) is 16.4. The highest BCUT2D eigenvalue weighted by Crippen LogP contribution is 2.32. The molecule has 3 N–H and O–H groups in total. The number of fused-ring (bicyclic) bond motifs is 1. The summed E-state index contributed by atoms with van der Waals surface area (Å²) >= 11 is 0. The second kappa shape index (κ2) is 15.9. The molecule has 1 atom stereocenters. The molecule has 274 valence electrons. The number of alkyl carbamates (subject to hydrolysis) is 1. The van der Waals surface area contributed by atoms with Gasteiger partial charge in [-0.1, -0.05) is 0 Å². The summed E-state index contributed by atoms with van der Waals surface area (Å²) in [4.78, 5) is 34.5. The number of aromatic nitrogens is 3. The van der Waals surface area contributed by atoms with Crippen molar-refractivity contribution in [1.29, 1.82) is 0 Å². The number of nitrogens with one attached hydrogen (secondary N) is 3. The van der Waals surface area contributed by atoms with Crippen molar-refractivity contribution in [2.75, 3.05) is 62.6 Å². The quantitative estimate of drug-likeness (QED) is 0.185. The van der Waals surface area contributed by atoms with E-state index in [1.54, 1.807) is 20.8 Å². The molecular formula is C32H42F3N7O7S. The summed E-state index contributed by atoms with van der Waals surface area (Å²) in [5, 5.41) is 6.03. The van der Waals surface area contributed by atoms with Crippen molar-refractivity contribution < 1.29 is 40.6 Å². The van der Waals surface area contributed by atoms with E-state index in [2.05, 4.69) is 25.3 Å². The van der Waals surface area contributed by atoms with Crippen molar-refractivity contribution >= 4 is 39.0 Å². The molecule has 2 fully saturated rings. The fourth-order valence-electron chi connectivity index (χ4n) is 5.19. The van der Waals surface area contributed by atoms with E-state index < -0.39 is 63.1 Å². The Labute approximate surface area is 287 Å². The number of anilines is 2. The van der Waals surface area contributed by atoms with E-state index >= 15 is 8.78 Å². The van der Waals surface area contributed by atoms with E-state index in [-0.39, 0.29) is 69.6 Å². The van der Waals surface area contributed by atoms with Crippen LogP contribution in [-0.4, -0.2) is 97.7 Å². The Bertz CT molecular complexity index is 1850. The normalized spacial score (nSPS) is 16.9. The highest BCUT2D eigenvalue weighted by Gasteiger charge is 2.33. The zero-order valence-corrected chi connectivity index (χ0v) is 29.0. The lowest BCUT2D eigenvalue weighted by Gasteiger charge is -2.19. The van der Waals surface area contributed by atoms with Crippen LogP contribution < -0.4 is 20.9 Å². The Hall–Kier alpha value is -4.00. The van der Waals surface area contributed by atoms with Crippen LogP contribution in [0.5, 0.6) is 0 Å². The first-order chi connectivity index (χ1) is 23.7. The molecule has 3 aromatic rings. The minimum atomic E-state index is -4.36. The summed E-state index contributed by atoms with van der Waals surface area (Å²) in [6, 6.07) is 3.01. The van der Waals surface area contributed by atoms with Gasteiger partial charge in [0.05, 0.1) is 49.8 Å². The van der Waals surface area contributed by atoms with Crippen LogP contribution in [0.15, 0.2) is 29.2 Å². The molecule has 50 heavy (non-hydrogen) atoms. The van der Waals surface area contributed by atoms with Gasteiger partial charge in [0.25, 0.3) is 5.56 Å². The number of pyridine rings is 1. The van der Waals surface area contributed by atoms with Crippen molar-refractivity contribution in [1.82, 2.24) is 24.2 Å². The van der Waals surface area contributed by atoms with Gasteiger partial charge in [0, 0.05) is 37.8 Å². The minimum Gasteiger partial charge on any atom is -0.444 e. The highest BCUT2D eigenvalue weighted by atomic mass is 32.2. The maximum absolute atomic E-state index is 15.9. The van der Waals surface area contributed by atoms with Gasteiger partial charge < -0.3 is 24.8 Å². The molecule has 2 aromatic heterocycles. The van der Waals surface area contributed by atoms with Crippen LogP contribution in [0.1, 0.15) is 40.0 Å². The maximum atomic E-state index is 15.9. The second-order valence-corrected chi connectivity index (χ2v) is 14.8. The second-order valence-electron chi connectivity index (χ2n) is 13.1. The van der Waals surface area contributed by atoms with E-state index in [1.165, 1.54) is 16.8 Å². The summed E-state index contributed by atoms with van der Waals surface area (Å²) in [6.45, 7) is 6.16. The van der Waals surface area contributed by atoms with Gasteiger partial charge in [-0.2, -0.15) is 17.7 Å². The Balaban J connectivity index is 1.32. The molecule has 1 aliphatic carbocycles. The first-order valence-corrected chi connectivity index (χ1v) is 17.8. The van der Waals surface area contributed by atoms with Crippen LogP contribution in [0, 0.1) is 17.6 Å². The summed E-state index contributed by atoms with van der Waals surface area (Å²) in [6.07, 6.45) is 1.71. The number of carbonyl (C=O) groups excluding carboxylic acids is 1. The van der Waals surface area contributed by atoms with Gasteiger partial charge >= 0.3 is 16.3 Å². The SMILES string of the molecule is CC(C)(C)OC(=O)NCCOCCOCCn1c(=O)c(-c2c(F)ccc(NS(=O)(=O)N3CCC(F)C3)c2F)cc2cnc(NCC3CC3)nc21. The molecule has 5 rings (SSSR count). The number of hydrogen-bond acceptors (Lipinski definition) is 10. The fraction of sp³-hybridized carbons (Fsp3) is 0.562. The van der Waals surface area contributed by atoms with Crippen molar-refractivity contribution in [2.45, 2.75) is 58.4 Å². The first kappa shape index (κ1) is 37.3. The highest BCUT2D eigenvalue weighted by molar-refractivity contribution is 7.90. The zero-order valence-electron chi connectivity index (χ0n) is 28.1. The summed E-state index contributed by atoms with van der Waals surface area (Å²) in [5.74, 6) is -1.62. The van der Waals surface area contributed by atoms with Crippen molar-refractivity contribution in [3.8, 4) is 11.1 Å². The van der Waals surface area contributed by atoms with Gasteiger partial charge in [-0.05, 0) is 64.2 Å². The molecule has 0 radical (unpaired) electrons. The topological polar surface area (TPSA) is 166 Å². The number of halogens is 3. The third-order valence-electron chi connectivity index (χ3n) is 7.85. The number of alkyl halides is 1. The predicted octanol–water partition coefficient (Wildman–Crippen LogP) is 3.82. The number of rotatable bonds is 16. The summed E-state index contributed by atoms with van der Waals surface area (Å²) in [7, 11) is -4.36. The lowest BCUT2D eigenvalue weighted by atomic mass is 10.0. The smallest absolute Gasteiger partial charge is 0.407 e. The molecule has 3 heterocycles. The van der Waals surface area contributed by atoms with Crippen LogP contribution in [0.25, 0.3) is 22.2 Å². The monoisotopic (exact) mass is 725 g/mol. The van der Waals surface area contributed by atoms with Crippen LogP contribution in [0.4, 0.5) is 29.6 Å². The van der Waals surface area contributed by atoms with Crippen LogP contribution in [-0.2, 0) is 31.0 Å². The van der Waals surface area contributed by atoms with E-state index in [0.29, 0.717) is 17.8 Å². The molecule has 2 aliphatic rings. The van der Waals surface area contributed by atoms with Crippen molar-refractivity contribution in [2.24, 2.45) is 5.92 Å². The summed E-state index contributed by atoms with van der Waals surface area (Å²) < 4.78 is 91.0. The van der Waals surface area contributed by atoms with Crippen molar-refractivity contribution in [3.05, 3.63) is 46.4 Å². The lowest BCUT2D eigenvalue weighted by molar-refractivity contribution is 0.0383. The van der Waals surface area contributed by atoms with Crippen LogP contribution in [0.3, 0.4) is 0 Å². The number of benzene rings is 1. The molecule has 1 unspecified atom stereocenters. The number of carbonyl (C=O) groups is 1. The van der Waals surface area contributed by atoms with Gasteiger partial charge in [0.1, 0.15) is 23.2 Å². The molecular weight excluding hydrogens is 683 g/mol. The van der Waals surface area contributed by atoms with E-state index in [0.717, 1.165) is 29.3 Å². The number of ether oxygens (including phenoxy) is 3. The molecule has 14 nitrogen and oxygen atoms in total. The Morgan fingerprint density at radius 3 is 2.50 bits per heavy atom. The van der Waals surface area contributed by atoms with Crippen molar-refractivity contribution in [3.63, 3.8) is 0 Å². The van der Waals surface area contributed by atoms with Crippen LogP contribution >= 0.6 is 0 Å². The molecule has 0 bridgehead atoms. The van der Waals surface area contributed by atoms with E-state index in [1.807, 2.05) is 0 Å². The fourth-order valence-corrected chi connectivity index (χ4v) is 6.46. The molecule has 1 aliphatic heterocycles. The molecule has 18 heteroatoms. The van der Waals surface area contributed by atoms with Gasteiger partial charge in [-0.3, -0.25) is 14.1 Å². The molecule has 1 aromatic carbocycles. The number of hydrogen-bond donors (Lipinski definition) is 3. The van der Waals surface area contributed by atoms with Gasteiger partial charge in [0.2, 0.25) is 5.95 Å². The standard InChI is InChI=1S/C32H42F3N7O7S/c1-32(2,3)49-31(44)36-9-12-47-14-15-48-13-11-42-28-21(18-38-30(39-28)37-17-20-4-5-20)16-23(29(42)43)26-24(34)6-7-25(27(26)35)40-50(45,46)41-10-8-22(33)19-41/h6-7,16,18,20,22,40H,4-5,8-15,17,19H2,1-3H3,(H,36,44)(H,37,38,39). The minimum absolute atomic E-state index is 0.00134. The van der Waals surface area contributed by atoms with E-state index in [9.17, 15) is 22.4 Å². The predicted molar refractivity (Wildman–Crippen MR) is 180 cm³/mol. The average molecular weight is 726 g/mol. The van der Waals surface area contributed by atoms with Gasteiger partial charge in [-0.15, -0.1) is 0 Å². The molecule has 1 amide bonds. The molecule has 0 spiro atoms. The zero-order chi connectivity index (χ0) is 36.1. The van der Waals surface area contributed by atoms with Gasteiger partial charge in [-0.25, -0.2) is 22.9 Å². The Kier molecular flexibility index (Phi) is 11.9. The molecule has 1 saturated heterocycles. The maximum Gasteiger partial charge on any atom is 0.407 e. The lowest BCUT2D eigenvalue weighted by Crippen LogP contribution is -2.34. The average Bonchev–Trinajstić information content (AvgIpc) is 3.77.